The number of carboxylic acid groups (broad SMARTS) is 1. The van der Waals surface area contributed by atoms with Crippen LogP contribution in [0.15, 0.2) is 54.7 Å². The van der Waals surface area contributed by atoms with E-state index in [1.807, 2.05) is 18.3 Å². The number of hydrogen-bond donors (Lipinski definition) is 3. The van der Waals surface area contributed by atoms with Crippen LogP contribution in [0.5, 0.6) is 0 Å². The van der Waals surface area contributed by atoms with Crippen molar-refractivity contribution < 1.29 is 14.7 Å². The van der Waals surface area contributed by atoms with Gasteiger partial charge in [0.25, 0.3) is 5.91 Å². The van der Waals surface area contributed by atoms with Crippen LogP contribution in [0.25, 0.3) is 10.9 Å². The van der Waals surface area contributed by atoms with Gasteiger partial charge < -0.3 is 15.7 Å². The van der Waals surface area contributed by atoms with Crippen molar-refractivity contribution in [2.75, 3.05) is 11.9 Å². The summed E-state index contributed by atoms with van der Waals surface area (Å²) < 4.78 is 0. The molecule has 0 radical (unpaired) electrons. The zero-order chi connectivity index (χ0) is 22.4. The predicted molar refractivity (Wildman–Crippen MR) is 123 cm³/mol. The highest BCUT2D eigenvalue weighted by atomic mass is 16.4. The van der Waals surface area contributed by atoms with Crippen molar-refractivity contribution in [3.05, 3.63) is 71.4 Å². The van der Waals surface area contributed by atoms with Gasteiger partial charge >= 0.3 is 5.97 Å². The topological polar surface area (TPSA) is 91.3 Å². The first kappa shape index (κ1) is 22.3. The van der Waals surface area contributed by atoms with Gasteiger partial charge in [-0.05, 0) is 54.7 Å². The number of rotatable bonds is 9. The molecule has 6 nitrogen and oxygen atoms in total. The number of aromatic nitrogens is 1. The van der Waals surface area contributed by atoms with E-state index in [9.17, 15) is 9.59 Å². The molecule has 0 spiro atoms. The second-order valence-corrected chi connectivity index (χ2v) is 8.27. The maximum Gasteiger partial charge on any atom is 0.305 e. The average molecular weight is 420 g/mol. The SMILES string of the molecule is Cc1ccc2cc(NC(CC(C)C)c3ccc(C(=O)NCCC(=O)O)cc3)cnc2c1. The molecule has 0 aliphatic carbocycles. The van der Waals surface area contributed by atoms with Gasteiger partial charge in [0.05, 0.1) is 29.9 Å². The number of aryl methyl sites for hydroxylation is 1. The molecule has 6 heteroatoms. The summed E-state index contributed by atoms with van der Waals surface area (Å²) >= 11 is 0. The Balaban J connectivity index is 1.75. The number of nitrogens with one attached hydrogen (secondary N) is 2. The zero-order valence-electron chi connectivity index (χ0n) is 18.2. The van der Waals surface area contributed by atoms with E-state index in [0.717, 1.165) is 28.6 Å². The lowest BCUT2D eigenvalue weighted by molar-refractivity contribution is -0.136. The molecule has 31 heavy (non-hydrogen) atoms. The second-order valence-electron chi connectivity index (χ2n) is 8.27. The molecule has 3 aromatic rings. The van der Waals surface area contributed by atoms with Crippen LogP contribution in [-0.4, -0.2) is 28.5 Å². The number of carboxylic acids is 1. The summed E-state index contributed by atoms with van der Waals surface area (Å²) in [7, 11) is 0. The number of pyridine rings is 1. The Kier molecular flexibility index (Phi) is 7.23. The van der Waals surface area contributed by atoms with Crippen LogP contribution < -0.4 is 10.6 Å². The van der Waals surface area contributed by atoms with Gasteiger partial charge in [-0.25, -0.2) is 0 Å². The number of nitrogens with zero attached hydrogens (tertiary/aromatic N) is 1. The average Bonchev–Trinajstić information content (AvgIpc) is 2.73. The van der Waals surface area contributed by atoms with E-state index in [-0.39, 0.29) is 24.9 Å². The van der Waals surface area contributed by atoms with Gasteiger partial charge in [0.2, 0.25) is 0 Å². The Bertz CT molecular complexity index is 1060. The predicted octanol–water partition coefficient (Wildman–Crippen LogP) is 4.95. The van der Waals surface area contributed by atoms with Crippen molar-refractivity contribution in [3.63, 3.8) is 0 Å². The number of benzene rings is 2. The first-order chi connectivity index (χ1) is 14.8. The molecule has 162 valence electrons. The van der Waals surface area contributed by atoms with Gasteiger partial charge in [0, 0.05) is 17.5 Å². The minimum atomic E-state index is -0.934. The molecule has 0 saturated heterocycles. The molecule has 3 N–H and O–H groups in total. The highest BCUT2D eigenvalue weighted by Crippen LogP contribution is 2.27. The summed E-state index contributed by atoms with van der Waals surface area (Å²) in [6.45, 7) is 6.53. The molecule has 3 rings (SSSR count). The fourth-order valence-corrected chi connectivity index (χ4v) is 3.51. The molecule has 0 aliphatic heterocycles. The van der Waals surface area contributed by atoms with Crippen molar-refractivity contribution in [3.8, 4) is 0 Å². The second kappa shape index (κ2) is 10.1. The van der Waals surface area contributed by atoms with Crippen molar-refractivity contribution in [1.29, 1.82) is 0 Å². The van der Waals surface area contributed by atoms with Crippen molar-refractivity contribution >= 4 is 28.5 Å². The quantitative estimate of drug-likeness (QED) is 0.457. The summed E-state index contributed by atoms with van der Waals surface area (Å²) in [5, 5.41) is 16.0. The number of carbonyl (C=O) groups is 2. The fraction of sp³-hybridized carbons (Fsp3) is 0.320. The lowest BCUT2D eigenvalue weighted by Gasteiger charge is -2.22. The van der Waals surface area contributed by atoms with Crippen molar-refractivity contribution in [1.82, 2.24) is 10.3 Å². The molecular weight excluding hydrogens is 390 g/mol. The van der Waals surface area contributed by atoms with E-state index in [4.69, 9.17) is 5.11 Å². The van der Waals surface area contributed by atoms with Crippen molar-refractivity contribution in [2.45, 2.75) is 39.7 Å². The Morgan fingerprint density at radius 3 is 2.48 bits per heavy atom. The maximum atomic E-state index is 12.2. The molecule has 1 atom stereocenters. The van der Waals surface area contributed by atoms with Crippen LogP contribution in [0.1, 0.15) is 54.2 Å². The van der Waals surface area contributed by atoms with Gasteiger partial charge in [-0.2, -0.15) is 0 Å². The van der Waals surface area contributed by atoms with Gasteiger partial charge in [-0.3, -0.25) is 14.6 Å². The highest BCUT2D eigenvalue weighted by molar-refractivity contribution is 5.94. The molecule has 1 unspecified atom stereocenters. The third-order valence-electron chi connectivity index (χ3n) is 5.09. The van der Waals surface area contributed by atoms with E-state index >= 15 is 0 Å². The van der Waals surface area contributed by atoms with Crippen LogP contribution in [0.2, 0.25) is 0 Å². The Morgan fingerprint density at radius 1 is 1.06 bits per heavy atom. The summed E-state index contributed by atoms with van der Waals surface area (Å²) in [6, 6.07) is 15.9. The van der Waals surface area contributed by atoms with Gasteiger partial charge in [-0.1, -0.05) is 38.1 Å². The van der Waals surface area contributed by atoms with E-state index in [1.54, 1.807) is 12.1 Å². The normalized spacial score (nSPS) is 12.0. The van der Waals surface area contributed by atoms with Crippen LogP contribution >= 0.6 is 0 Å². The first-order valence-corrected chi connectivity index (χ1v) is 10.5. The summed E-state index contributed by atoms with van der Waals surface area (Å²) in [5.74, 6) is -0.723. The minimum Gasteiger partial charge on any atom is -0.481 e. The standard InChI is InChI=1S/C25H29N3O3/c1-16(2)12-23(28-21-14-20-5-4-17(3)13-22(20)27-15-21)18-6-8-19(9-7-18)25(31)26-11-10-24(29)30/h4-9,13-16,23,28H,10-12H2,1-3H3,(H,26,31)(H,29,30). The first-order valence-electron chi connectivity index (χ1n) is 10.5. The Hall–Kier alpha value is -3.41. The van der Waals surface area contributed by atoms with Crippen molar-refractivity contribution in [2.24, 2.45) is 5.92 Å². The third kappa shape index (κ3) is 6.28. The summed E-state index contributed by atoms with van der Waals surface area (Å²) in [6.07, 6.45) is 2.69. The highest BCUT2D eigenvalue weighted by Gasteiger charge is 2.15. The van der Waals surface area contributed by atoms with Gasteiger partial charge in [0.15, 0.2) is 0 Å². The smallest absolute Gasteiger partial charge is 0.305 e. The third-order valence-corrected chi connectivity index (χ3v) is 5.09. The molecule has 0 bridgehead atoms. The molecule has 1 amide bonds. The number of fused-ring (bicyclic) bond motifs is 1. The van der Waals surface area contributed by atoms with Gasteiger partial charge in [-0.15, -0.1) is 0 Å². The van der Waals surface area contributed by atoms with E-state index in [1.165, 1.54) is 5.56 Å². The largest absolute Gasteiger partial charge is 0.481 e. The number of amides is 1. The number of aliphatic carboxylic acids is 1. The summed E-state index contributed by atoms with van der Waals surface area (Å²) in [4.78, 5) is 27.4. The molecule has 0 saturated carbocycles. The fourth-order valence-electron chi connectivity index (χ4n) is 3.51. The Morgan fingerprint density at radius 2 is 1.81 bits per heavy atom. The molecule has 2 aromatic carbocycles. The molecular formula is C25H29N3O3. The Labute approximate surface area is 182 Å². The van der Waals surface area contributed by atoms with Crippen LogP contribution in [-0.2, 0) is 4.79 Å². The zero-order valence-corrected chi connectivity index (χ0v) is 18.2. The number of anilines is 1. The van der Waals surface area contributed by atoms with Crippen LogP contribution in [0, 0.1) is 12.8 Å². The lowest BCUT2D eigenvalue weighted by atomic mass is 9.95. The summed E-state index contributed by atoms with van der Waals surface area (Å²) in [5.41, 5.74) is 4.71. The molecule has 0 fully saturated rings. The lowest BCUT2D eigenvalue weighted by Crippen LogP contribution is -2.26. The maximum absolute atomic E-state index is 12.2. The van der Waals surface area contributed by atoms with E-state index in [2.05, 4.69) is 60.7 Å². The van der Waals surface area contributed by atoms with Crippen LogP contribution in [0.3, 0.4) is 0 Å². The van der Waals surface area contributed by atoms with Gasteiger partial charge in [0.1, 0.15) is 0 Å². The number of hydrogen-bond acceptors (Lipinski definition) is 4. The number of carbonyl (C=O) groups excluding carboxylic acids is 1. The molecule has 0 aliphatic rings. The van der Waals surface area contributed by atoms with Crippen LogP contribution in [0.4, 0.5) is 5.69 Å². The minimum absolute atomic E-state index is 0.0776. The van der Waals surface area contributed by atoms with E-state index in [0.29, 0.717) is 11.5 Å². The van der Waals surface area contributed by atoms with E-state index < -0.39 is 5.97 Å². The molecule has 1 heterocycles. The molecule has 1 aromatic heterocycles. The monoisotopic (exact) mass is 419 g/mol.